The van der Waals surface area contributed by atoms with E-state index in [9.17, 15) is 24.6 Å². The Bertz CT molecular complexity index is 879. The summed E-state index contributed by atoms with van der Waals surface area (Å²) in [6, 6.07) is 15.9. The number of hydrogen-bond donors (Lipinski definition) is 2. The third-order valence-electron chi connectivity index (χ3n) is 4.47. The van der Waals surface area contributed by atoms with E-state index >= 15 is 0 Å². The molecule has 2 aromatic rings. The van der Waals surface area contributed by atoms with Crippen molar-refractivity contribution in [2.45, 2.75) is 31.3 Å². The molecule has 0 aliphatic heterocycles. The zero-order valence-corrected chi connectivity index (χ0v) is 15.6. The molecule has 150 valence electrons. The minimum atomic E-state index is -2.16. The van der Waals surface area contributed by atoms with Gasteiger partial charge in [-0.25, -0.2) is 9.59 Å². The molecule has 2 atom stereocenters. The van der Waals surface area contributed by atoms with E-state index in [0.29, 0.717) is 0 Å². The van der Waals surface area contributed by atoms with Gasteiger partial charge in [-0.05, 0) is 37.3 Å². The van der Waals surface area contributed by atoms with Crippen molar-refractivity contribution in [3.63, 3.8) is 0 Å². The number of aliphatic hydroxyl groups excluding tert-OH is 2. The summed E-state index contributed by atoms with van der Waals surface area (Å²) in [4.78, 5) is 37.5. The van der Waals surface area contributed by atoms with Crippen LogP contribution in [0.1, 0.15) is 34.1 Å². The van der Waals surface area contributed by atoms with E-state index in [0.717, 1.165) is 6.08 Å². The molecule has 2 N–H and O–H groups in total. The van der Waals surface area contributed by atoms with E-state index in [4.69, 9.17) is 9.47 Å². The Morgan fingerprint density at radius 3 is 1.76 bits per heavy atom. The second-order valence-electron chi connectivity index (χ2n) is 6.69. The summed E-state index contributed by atoms with van der Waals surface area (Å²) in [7, 11) is 0. The SMILES string of the molecule is CC(O)C(O)C1=CC(=O)CC1(OC(=O)c1ccccc1)OC(=O)c1ccccc1. The fourth-order valence-electron chi connectivity index (χ4n) is 3.01. The van der Waals surface area contributed by atoms with E-state index in [1.165, 1.54) is 31.2 Å². The Hall–Kier alpha value is -3.29. The maximum absolute atomic E-state index is 12.7. The molecule has 7 heteroatoms. The van der Waals surface area contributed by atoms with Gasteiger partial charge in [-0.1, -0.05) is 36.4 Å². The lowest BCUT2D eigenvalue weighted by molar-refractivity contribution is -0.157. The predicted octanol–water partition coefficient (Wildman–Crippen LogP) is 2.04. The molecule has 0 spiro atoms. The smallest absolute Gasteiger partial charge is 0.341 e. The van der Waals surface area contributed by atoms with Gasteiger partial charge in [0.05, 0.1) is 23.7 Å². The van der Waals surface area contributed by atoms with Crippen molar-refractivity contribution in [3.8, 4) is 0 Å². The predicted molar refractivity (Wildman–Crippen MR) is 102 cm³/mol. The van der Waals surface area contributed by atoms with Gasteiger partial charge in [0.25, 0.3) is 5.79 Å². The molecule has 2 aromatic carbocycles. The van der Waals surface area contributed by atoms with Crippen LogP contribution < -0.4 is 0 Å². The Morgan fingerprint density at radius 1 is 0.897 bits per heavy atom. The molecule has 0 amide bonds. The fourth-order valence-corrected chi connectivity index (χ4v) is 3.01. The fraction of sp³-hybridized carbons (Fsp3) is 0.227. The third kappa shape index (κ3) is 4.42. The van der Waals surface area contributed by atoms with Gasteiger partial charge in [0.15, 0.2) is 5.78 Å². The van der Waals surface area contributed by atoms with Gasteiger partial charge in [-0.2, -0.15) is 0 Å². The number of rotatable bonds is 6. The number of hydrogen-bond acceptors (Lipinski definition) is 7. The highest BCUT2D eigenvalue weighted by molar-refractivity contribution is 5.98. The molecular weight excluding hydrogens is 376 g/mol. The van der Waals surface area contributed by atoms with Crippen LogP contribution in [0.2, 0.25) is 0 Å². The molecular formula is C22H20O7. The zero-order valence-electron chi connectivity index (χ0n) is 15.6. The summed E-state index contributed by atoms with van der Waals surface area (Å²) in [5.41, 5.74) is 0.159. The van der Waals surface area contributed by atoms with E-state index in [2.05, 4.69) is 0 Å². The molecule has 1 aliphatic rings. The third-order valence-corrected chi connectivity index (χ3v) is 4.47. The van der Waals surface area contributed by atoms with Crippen molar-refractivity contribution >= 4 is 17.7 Å². The normalized spacial score (nSPS) is 17.2. The Kier molecular flexibility index (Phi) is 5.91. The van der Waals surface area contributed by atoms with Crippen LogP contribution in [0, 0.1) is 0 Å². The van der Waals surface area contributed by atoms with Gasteiger partial charge >= 0.3 is 11.9 Å². The average molecular weight is 396 g/mol. The summed E-state index contributed by atoms with van der Waals surface area (Å²) in [6.45, 7) is 1.30. The lowest BCUT2D eigenvalue weighted by Crippen LogP contribution is -2.46. The molecule has 0 saturated carbocycles. The van der Waals surface area contributed by atoms with E-state index < -0.39 is 42.1 Å². The number of aliphatic hydroxyl groups is 2. The first-order valence-electron chi connectivity index (χ1n) is 9.00. The van der Waals surface area contributed by atoms with Crippen molar-refractivity contribution in [1.82, 2.24) is 0 Å². The highest BCUT2D eigenvalue weighted by Crippen LogP contribution is 2.38. The minimum Gasteiger partial charge on any atom is -0.414 e. The van der Waals surface area contributed by atoms with Crippen LogP contribution >= 0.6 is 0 Å². The standard InChI is InChI=1S/C22H20O7/c1-14(23)19(25)18-12-17(24)13-22(18,28-20(26)15-8-4-2-5-9-15)29-21(27)16-10-6-3-7-11-16/h2-12,14,19,23,25H,13H2,1H3. The van der Waals surface area contributed by atoms with Gasteiger partial charge in [-0.15, -0.1) is 0 Å². The number of ether oxygens (including phenoxy) is 2. The van der Waals surface area contributed by atoms with Crippen molar-refractivity contribution in [1.29, 1.82) is 0 Å². The summed E-state index contributed by atoms with van der Waals surface area (Å²) in [5, 5.41) is 20.2. The molecule has 0 bridgehead atoms. The summed E-state index contributed by atoms with van der Waals surface area (Å²) in [6.07, 6.45) is -2.33. The van der Waals surface area contributed by atoms with Crippen molar-refractivity contribution in [3.05, 3.63) is 83.4 Å². The highest BCUT2D eigenvalue weighted by atomic mass is 16.7. The van der Waals surface area contributed by atoms with Gasteiger partial charge in [-0.3, -0.25) is 4.79 Å². The van der Waals surface area contributed by atoms with Crippen LogP contribution in [0.25, 0.3) is 0 Å². The lowest BCUT2D eigenvalue weighted by Gasteiger charge is -2.33. The number of esters is 2. The van der Waals surface area contributed by atoms with Gasteiger partial charge in [0.2, 0.25) is 0 Å². The Labute approximate surface area is 167 Å². The van der Waals surface area contributed by atoms with E-state index in [1.54, 1.807) is 36.4 Å². The number of ketones is 1. The quantitative estimate of drug-likeness (QED) is 0.568. The van der Waals surface area contributed by atoms with E-state index in [1.807, 2.05) is 0 Å². The second-order valence-corrected chi connectivity index (χ2v) is 6.69. The molecule has 2 unspecified atom stereocenters. The number of carbonyl (C=O) groups is 3. The molecule has 3 rings (SSSR count). The maximum atomic E-state index is 12.7. The Balaban J connectivity index is 1.99. The average Bonchev–Trinajstić information content (AvgIpc) is 3.03. The Morgan fingerprint density at radius 2 is 1.34 bits per heavy atom. The van der Waals surface area contributed by atoms with E-state index in [-0.39, 0.29) is 16.7 Å². The van der Waals surface area contributed by atoms with Crippen LogP contribution in [0.4, 0.5) is 0 Å². The van der Waals surface area contributed by atoms with Gasteiger partial charge in [0.1, 0.15) is 6.10 Å². The maximum Gasteiger partial charge on any atom is 0.341 e. The monoisotopic (exact) mass is 396 g/mol. The number of allylic oxidation sites excluding steroid dienone is 1. The molecule has 0 aromatic heterocycles. The van der Waals surface area contributed by atoms with Crippen LogP contribution in [0.3, 0.4) is 0 Å². The molecule has 7 nitrogen and oxygen atoms in total. The van der Waals surface area contributed by atoms with Crippen molar-refractivity contribution in [2.24, 2.45) is 0 Å². The van der Waals surface area contributed by atoms with Crippen molar-refractivity contribution in [2.75, 3.05) is 0 Å². The first-order valence-corrected chi connectivity index (χ1v) is 9.00. The van der Waals surface area contributed by atoms with Crippen LogP contribution in [-0.2, 0) is 14.3 Å². The minimum absolute atomic E-state index is 0.174. The first kappa shape index (κ1) is 20.4. The summed E-state index contributed by atoms with van der Waals surface area (Å²) in [5.74, 6) is -4.36. The molecule has 0 saturated heterocycles. The molecule has 0 radical (unpaired) electrons. The van der Waals surface area contributed by atoms with Crippen LogP contribution in [0.5, 0.6) is 0 Å². The highest BCUT2D eigenvalue weighted by Gasteiger charge is 2.52. The van der Waals surface area contributed by atoms with Crippen LogP contribution in [0.15, 0.2) is 72.3 Å². The topological polar surface area (TPSA) is 110 Å². The summed E-state index contributed by atoms with van der Waals surface area (Å²) < 4.78 is 11.0. The van der Waals surface area contributed by atoms with Crippen molar-refractivity contribution < 1.29 is 34.1 Å². The number of carbonyl (C=O) groups excluding carboxylic acids is 3. The zero-order chi connectivity index (χ0) is 21.0. The molecule has 0 fully saturated rings. The number of benzene rings is 2. The summed E-state index contributed by atoms with van der Waals surface area (Å²) >= 11 is 0. The first-order chi connectivity index (χ1) is 13.8. The van der Waals surface area contributed by atoms with Crippen LogP contribution in [-0.4, -0.2) is 45.9 Å². The second kappa shape index (κ2) is 8.38. The lowest BCUT2D eigenvalue weighted by atomic mass is 9.99. The van der Waals surface area contributed by atoms with Gasteiger partial charge < -0.3 is 19.7 Å². The molecule has 29 heavy (non-hydrogen) atoms. The largest absolute Gasteiger partial charge is 0.414 e. The molecule has 1 aliphatic carbocycles. The van der Waals surface area contributed by atoms with Gasteiger partial charge in [0, 0.05) is 5.57 Å². The molecule has 0 heterocycles.